The molecule has 2 atom stereocenters. The maximum atomic E-state index is 12.3. The van der Waals surface area contributed by atoms with Crippen molar-refractivity contribution < 1.29 is 33.8 Å². The molecule has 0 aromatic carbocycles. The number of carboxylic acid groups (broad SMARTS) is 1. The summed E-state index contributed by atoms with van der Waals surface area (Å²) in [5.41, 5.74) is 0. The van der Waals surface area contributed by atoms with E-state index in [1.165, 1.54) is 25.7 Å². The Hall–Kier alpha value is -2.44. The number of carboxylic acids is 1. The van der Waals surface area contributed by atoms with Gasteiger partial charge in [0.15, 0.2) is 5.76 Å². The number of aliphatic carboxylic acids is 1. The molecule has 0 spiro atoms. The lowest BCUT2D eigenvalue weighted by molar-refractivity contribution is -0.148. The number of hydrogen-bond donors (Lipinski definition) is 1. The quantitative estimate of drug-likeness (QED) is 0.133. The van der Waals surface area contributed by atoms with E-state index in [4.69, 9.17) is 9.47 Å². The van der Waals surface area contributed by atoms with E-state index in [9.17, 15) is 24.3 Å². The Morgan fingerprint density at radius 1 is 1.03 bits per heavy atom. The first-order valence-electron chi connectivity index (χ1n) is 11.3. The fourth-order valence-electron chi connectivity index (χ4n) is 3.90. The maximum Gasteiger partial charge on any atom is 0.375 e. The van der Waals surface area contributed by atoms with E-state index < -0.39 is 23.7 Å². The monoisotopic (exact) mass is 436 g/mol. The van der Waals surface area contributed by atoms with Crippen molar-refractivity contribution in [2.45, 2.75) is 91.4 Å². The first-order chi connectivity index (χ1) is 14.8. The van der Waals surface area contributed by atoms with Crippen LogP contribution in [-0.4, -0.2) is 28.8 Å². The average Bonchev–Trinajstić information content (AvgIpc) is 3.04. The number of Topliss-reactive ketones (excluding diaryl/α,β-unsaturated/α-hetero) is 1. The van der Waals surface area contributed by atoms with Crippen LogP contribution in [0.25, 0.3) is 0 Å². The largest absolute Gasteiger partial charge is 0.475 e. The fraction of sp³-hybridized carbons (Fsp3) is 0.667. The zero-order chi connectivity index (χ0) is 23.2. The van der Waals surface area contributed by atoms with Crippen LogP contribution in [0.15, 0.2) is 23.7 Å². The highest BCUT2D eigenvalue weighted by molar-refractivity contribution is 5.88. The molecule has 0 aliphatic heterocycles. The Labute approximate surface area is 184 Å². The van der Waals surface area contributed by atoms with Crippen LogP contribution in [0.1, 0.15) is 91.4 Å². The molecule has 1 aliphatic carbocycles. The van der Waals surface area contributed by atoms with Gasteiger partial charge in [-0.15, -0.1) is 0 Å². The van der Waals surface area contributed by atoms with Crippen LogP contribution < -0.4 is 0 Å². The number of carbonyl (C=O) groups excluding carboxylic acids is 3. The molecule has 1 rings (SSSR count). The van der Waals surface area contributed by atoms with Crippen LogP contribution in [0.5, 0.6) is 0 Å². The Morgan fingerprint density at radius 3 is 2.35 bits per heavy atom. The Kier molecular flexibility index (Phi) is 12.5. The number of rotatable bonds is 14. The van der Waals surface area contributed by atoms with Crippen LogP contribution in [0.3, 0.4) is 0 Å². The first-order valence-corrected chi connectivity index (χ1v) is 11.3. The molecule has 0 bridgehead atoms. The minimum absolute atomic E-state index is 0.0135. The van der Waals surface area contributed by atoms with Gasteiger partial charge in [0, 0.05) is 32.6 Å². The van der Waals surface area contributed by atoms with E-state index in [1.807, 2.05) is 0 Å². The van der Waals surface area contributed by atoms with Gasteiger partial charge in [-0.25, -0.2) is 4.79 Å². The summed E-state index contributed by atoms with van der Waals surface area (Å²) in [4.78, 5) is 46.2. The molecule has 1 fully saturated rings. The molecule has 7 heteroatoms. The third kappa shape index (κ3) is 10.4. The van der Waals surface area contributed by atoms with E-state index >= 15 is 0 Å². The smallest absolute Gasteiger partial charge is 0.375 e. The Balaban J connectivity index is 2.62. The van der Waals surface area contributed by atoms with Gasteiger partial charge in [-0.1, -0.05) is 44.8 Å². The van der Waals surface area contributed by atoms with Gasteiger partial charge in [-0.3, -0.25) is 14.4 Å². The van der Waals surface area contributed by atoms with Crippen molar-refractivity contribution in [2.75, 3.05) is 0 Å². The summed E-state index contributed by atoms with van der Waals surface area (Å²) >= 11 is 0. The summed E-state index contributed by atoms with van der Waals surface area (Å²) in [6.07, 6.45) is 13.8. The van der Waals surface area contributed by atoms with Crippen LogP contribution in [0.2, 0.25) is 0 Å². The Bertz CT molecular complexity index is 690. The average molecular weight is 437 g/mol. The summed E-state index contributed by atoms with van der Waals surface area (Å²) in [6, 6.07) is 0. The van der Waals surface area contributed by atoms with Crippen molar-refractivity contribution >= 4 is 23.7 Å². The lowest BCUT2D eigenvalue weighted by Crippen LogP contribution is -2.15. The van der Waals surface area contributed by atoms with E-state index in [1.54, 1.807) is 0 Å². The summed E-state index contributed by atoms with van der Waals surface area (Å²) in [5.74, 6) is -3.26. The van der Waals surface area contributed by atoms with Crippen LogP contribution >= 0.6 is 0 Å². The Morgan fingerprint density at radius 2 is 1.74 bits per heavy atom. The molecule has 31 heavy (non-hydrogen) atoms. The van der Waals surface area contributed by atoms with Gasteiger partial charge in [-0.2, -0.15) is 0 Å². The van der Waals surface area contributed by atoms with Crippen LogP contribution in [0.4, 0.5) is 0 Å². The number of allylic oxidation sites excluding steroid dienone is 3. The van der Waals surface area contributed by atoms with Crippen LogP contribution in [-0.2, 0) is 28.7 Å². The zero-order valence-corrected chi connectivity index (χ0v) is 19.0. The second-order valence-corrected chi connectivity index (χ2v) is 8.04. The van der Waals surface area contributed by atoms with Crippen molar-refractivity contribution in [3.8, 4) is 0 Å². The van der Waals surface area contributed by atoms with Gasteiger partial charge in [0.05, 0.1) is 0 Å². The van der Waals surface area contributed by atoms with Crippen LogP contribution in [0, 0.1) is 11.8 Å². The molecule has 0 radical (unpaired) electrons. The van der Waals surface area contributed by atoms with Gasteiger partial charge in [0.1, 0.15) is 5.78 Å². The minimum atomic E-state index is -1.47. The van der Waals surface area contributed by atoms with Gasteiger partial charge in [0.25, 0.3) is 5.76 Å². The molecule has 0 aromatic heterocycles. The van der Waals surface area contributed by atoms with Gasteiger partial charge < -0.3 is 14.6 Å². The molecule has 0 saturated heterocycles. The lowest BCUT2D eigenvalue weighted by atomic mass is 9.89. The molecule has 1 aliphatic rings. The normalized spacial score (nSPS) is 19.4. The second-order valence-electron chi connectivity index (χ2n) is 8.04. The summed E-state index contributed by atoms with van der Waals surface area (Å²) in [6.45, 7) is 4.43. The molecular formula is C24H36O7. The zero-order valence-electron chi connectivity index (χ0n) is 19.0. The minimum Gasteiger partial charge on any atom is -0.475 e. The summed E-state index contributed by atoms with van der Waals surface area (Å²) in [7, 11) is 0. The third-order valence-electron chi connectivity index (χ3n) is 5.39. The fourth-order valence-corrected chi connectivity index (χ4v) is 3.90. The van der Waals surface area contributed by atoms with E-state index in [2.05, 4.69) is 19.1 Å². The highest BCUT2D eigenvalue weighted by atomic mass is 16.6. The molecule has 7 nitrogen and oxygen atoms in total. The topological polar surface area (TPSA) is 107 Å². The van der Waals surface area contributed by atoms with Gasteiger partial charge >= 0.3 is 17.9 Å². The van der Waals surface area contributed by atoms with Crippen molar-refractivity contribution in [1.82, 2.24) is 0 Å². The van der Waals surface area contributed by atoms with Crippen molar-refractivity contribution in [2.24, 2.45) is 11.8 Å². The number of ketones is 1. The van der Waals surface area contributed by atoms with Gasteiger partial charge in [0.2, 0.25) is 0 Å². The number of ether oxygens (including phenoxy) is 2. The SMILES string of the molecule is CCCCCC/C=C/[C@H]1CCC(=O)[C@@H]1CCCC/C(OC(C)=O)=C(\OC(C)=O)C(=O)O. The first kappa shape index (κ1) is 26.6. The highest BCUT2D eigenvalue weighted by Crippen LogP contribution is 2.34. The predicted octanol–water partition coefficient (Wildman–Crippen LogP) is 5.09. The molecule has 0 unspecified atom stereocenters. The second kappa shape index (κ2) is 14.5. The number of carbonyl (C=O) groups is 4. The van der Waals surface area contributed by atoms with Crippen molar-refractivity contribution in [3.05, 3.63) is 23.7 Å². The molecular weight excluding hydrogens is 400 g/mol. The highest BCUT2D eigenvalue weighted by Gasteiger charge is 2.32. The molecule has 1 N–H and O–H groups in total. The summed E-state index contributed by atoms with van der Waals surface area (Å²) < 4.78 is 9.71. The lowest BCUT2D eigenvalue weighted by Gasteiger charge is -2.15. The third-order valence-corrected chi connectivity index (χ3v) is 5.39. The number of hydrogen-bond acceptors (Lipinski definition) is 6. The molecule has 1 saturated carbocycles. The molecule has 0 aromatic rings. The molecule has 174 valence electrons. The molecule has 0 heterocycles. The van der Waals surface area contributed by atoms with E-state index in [-0.39, 0.29) is 29.8 Å². The van der Waals surface area contributed by atoms with Crippen molar-refractivity contribution in [1.29, 1.82) is 0 Å². The van der Waals surface area contributed by atoms with E-state index in [0.717, 1.165) is 26.7 Å². The number of esters is 2. The number of unbranched alkanes of at least 4 members (excludes halogenated alkanes) is 5. The van der Waals surface area contributed by atoms with Gasteiger partial charge in [-0.05, 0) is 38.0 Å². The maximum absolute atomic E-state index is 12.3. The van der Waals surface area contributed by atoms with Crippen molar-refractivity contribution in [3.63, 3.8) is 0 Å². The predicted molar refractivity (Wildman–Crippen MR) is 116 cm³/mol. The molecule has 0 amide bonds. The summed E-state index contributed by atoms with van der Waals surface area (Å²) in [5, 5.41) is 9.28. The standard InChI is InChI=1S/C24H36O7/c1-4-5-6-7-8-9-12-19-15-16-21(27)20(19)13-10-11-14-22(30-17(2)25)23(24(28)29)31-18(3)26/h9,12,19-20H,4-8,10-11,13-16H2,1-3H3,(H,28,29)/b12-9+,23-22+/t19-,20+/m0/s1. The van der Waals surface area contributed by atoms with E-state index in [0.29, 0.717) is 25.7 Å².